The number of Topliss-reactive ketones (excluding diaryl/α,β-unsaturated/α-hetero) is 1. The van der Waals surface area contributed by atoms with E-state index in [0.717, 1.165) is 31.2 Å². The average Bonchev–Trinajstić information content (AvgIpc) is 2.89. The molecule has 2 aromatic carbocycles. The van der Waals surface area contributed by atoms with Crippen LogP contribution in [-0.2, 0) is 16.6 Å². The fourth-order valence-electron chi connectivity index (χ4n) is 3.88. The van der Waals surface area contributed by atoms with E-state index in [1.54, 1.807) is 19.1 Å². The van der Waals surface area contributed by atoms with E-state index in [4.69, 9.17) is 0 Å². The van der Waals surface area contributed by atoms with Gasteiger partial charge in [0.15, 0.2) is 0 Å². The number of hydrogen-bond donors (Lipinski definition) is 0. The van der Waals surface area contributed by atoms with Gasteiger partial charge in [-0.15, -0.1) is 13.2 Å². The fourth-order valence-corrected chi connectivity index (χ4v) is 3.88. The molecule has 0 aliphatic heterocycles. The van der Waals surface area contributed by atoms with Crippen molar-refractivity contribution >= 4 is 5.78 Å². The van der Waals surface area contributed by atoms with Gasteiger partial charge in [0, 0.05) is 6.04 Å². The molecule has 0 radical (unpaired) electrons. The summed E-state index contributed by atoms with van der Waals surface area (Å²) >= 11 is 0. The molecule has 0 N–H and O–H groups in total. The third-order valence-corrected chi connectivity index (χ3v) is 6.09. The molecule has 0 bridgehead atoms. The Hall–Kier alpha value is -2.34. The van der Waals surface area contributed by atoms with E-state index < -0.39 is 6.36 Å². The summed E-state index contributed by atoms with van der Waals surface area (Å²) in [7, 11) is 2.06. The molecule has 0 amide bonds. The molecule has 0 saturated carbocycles. The number of halogens is 3. The second-order valence-electron chi connectivity index (χ2n) is 10.1. The lowest BCUT2D eigenvalue weighted by Gasteiger charge is -2.32. The molecule has 2 rings (SSSR count). The van der Waals surface area contributed by atoms with Crippen molar-refractivity contribution in [3.05, 3.63) is 65.2 Å². The van der Waals surface area contributed by atoms with Gasteiger partial charge in [0.2, 0.25) is 0 Å². The van der Waals surface area contributed by atoms with Crippen LogP contribution >= 0.6 is 0 Å². The second kappa shape index (κ2) is 19.7. The first kappa shape index (κ1) is 38.8. The molecular weight excluding hydrogens is 499 g/mol. The zero-order valence-electron chi connectivity index (χ0n) is 26.5. The van der Waals surface area contributed by atoms with E-state index in [0.29, 0.717) is 0 Å². The maximum absolute atomic E-state index is 11.9. The van der Waals surface area contributed by atoms with Crippen molar-refractivity contribution in [3.63, 3.8) is 0 Å². The SMILES string of the molecule is CC.CC.CCC[C@@H](C(C)=O)N(C)[C@H](C)c1ccc(C(C)(C)C)cc1.CCCc1ccc(OC(F)(F)F)cc1. The van der Waals surface area contributed by atoms with E-state index in [9.17, 15) is 18.0 Å². The maximum Gasteiger partial charge on any atom is 0.573 e. The molecule has 0 aromatic heterocycles. The zero-order chi connectivity index (χ0) is 30.8. The Morgan fingerprint density at radius 2 is 1.36 bits per heavy atom. The van der Waals surface area contributed by atoms with Crippen LogP contribution < -0.4 is 4.74 Å². The molecule has 3 nitrogen and oxygen atoms in total. The first-order chi connectivity index (χ1) is 18.2. The average molecular weight is 554 g/mol. The van der Waals surface area contributed by atoms with Gasteiger partial charge in [-0.1, -0.05) is 112 Å². The van der Waals surface area contributed by atoms with Gasteiger partial charge in [0.05, 0.1) is 6.04 Å². The summed E-state index contributed by atoms with van der Waals surface area (Å²) in [6.07, 6.45) is -0.807. The van der Waals surface area contributed by atoms with Crippen LogP contribution in [0.15, 0.2) is 48.5 Å². The number of ketones is 1. The van der Waals surface area contributed by atoms with Crippen molar-refractivity contribution in [2.45, 2.75) is 126 Å². The number of carbonyl (C=O) groups excluding carboxylic acids is 1. The number of carbonyl (C=O) groups is 1. The predicted octanol–water partition coefficient (Wildman–Crippen LogP) is 10.3. The van der Waals surface area contributed by atoms with Crippen molar-refractivity contribution in [3.8, 4) is 5.75 Å². The molecule has 6 heteroatoms. The van der Waals surface area contributed by atoms with Crippen molar-refractivity contribution in [2.24, 2.45) is 0 Å². The number of aryl methyl sites for hydroxylation is 1. The quantitative estimate of drug-likeness (QED) is 0.309. The highest BCUT2D eigenvalue weighted by Crippen LogP contribution is 2.27. The Balaban J connectivity index is 0. The smallest absolute Gasteiger partial charge is 0.406 e. The molecule has 0 saturated heterocycles. The molecule has 0 fully saturated rings. The van der Waals surface area contributed by atoms with Gasteiger partial charge < -0.3 is 4.74 Å². The van der Waals surface area contributed by atoms with Gasteiger partial charge in [-0.3, -0.25) is 9.69 Å². The van der Waals surface area contributed by atoms with Crippen molar-refractivity contribution in [2.75, 3.05) is 7.05 Å². The van der Waals surface area contributed by atoms with E-state index in [2.05, 4.69) is 75.6 Å². The van der Waals surface area contributed by atoms with Crippen molar-refractivity contribution in [1.29, 1.82) is 0 Å². The Labute approximate surface area is 237 Å². The highest BCUT2D eigenvalue weighted by atomic mass is 19.4. The zero-order valence-corrected chi connectivity index (χ0v) is 26.5. The Kier molecular flexibility index (Phi) is 19.6. The third kappa shape index (κ3) is 15.7. The lowest BCUT2D eigenvalue weighted by Crippen LogP contribution is -2.38. The molecule has 2 aromatic rings. The lowest BCUT2D eigenvalue weighted by atomic mass is 9.86. The van der Waals surface area contributed by atoms with Gasteiger partial charge in [0.25, 0.3) is 0 Å². The van der Waals surface area contributed by atoms with Crippen LogP contribution in [0, 0.1) is 0 Å². The summed E-state index contributed by atoms with van der Waals surface area (Å²) < 4.78 is 39.0. The number of ether oxygens (including phenoxy) is 1. The summed E-state index contributed by atoms with van der Waals surface area (Å²) in [5, 5.41) is 0. The monoisotopic (exact) mass is 553 g/mol. The predicted molar refractivity (Wildman–Crippen MR) is 161 cm³/mol. The summed E-state index contributed by atoms with van der Waals surface area (Å²) in [5.74, 6) is 0.0925. The number of benzene rings is 2. The summed E-state index contributed by atoms with van der Waals surface area (Å²) in [6.45, 7) is 22.7. The third-order valence-electron chi connectivity index (χ3n) is 6.09. The second-order valence-corrected chi connectivity index (χ2v) is 10.1. The molecule has 0 spiro atoms. The van der Waals surface area contributed by atoms with Crippen LogP contribution in [0.5, 0.6) is 5.75 Å². The van der Waals surface area contributed by atoms with Gasteiger partial charge in [-0.2, -0.15) is 0 Å². The minimum atomic E-state index is -4.60. The number of alkyl halides is 3. The van der Waals surface area contributed by atoms with E-state index >= 15 is 0 Å². The van der Waals surface area contributed by atoms with Crippen LogP contribution in [0.4, 0.5) is 13.2 Å². The first-order valence-corrected chi connectivity index (χ1v) is 14.4. The summed E-state index contributed by atoms with van der Waals surface area (Å²) in [4.78, 5) is 14.1. The van der Waals surface area contributed by atoms with Crippen LogP contribution in [0.1, 0.15) is 118 Å². The van der Waals surface area contributed by atoms with Crippen LogP contribution in [0.25, 0.3) is 0 Å². The Bertz CT molecular complexity index is 885. The maximum atomic E-state index is 11.9. The lowest BCUT2D eigenvalue weighted by molar-refractivity contribution is -0.274. The first-order valence-electron chi connectivity index (χ1n) is 14.4. The van der Waals surface area contributed by atoms with Crippen molar-refractivity contribution in [1.82, 2.24) is 4.90 Å². The summed E-state index contributed by atoms with van der Waals surface area (Å²) in [6, 6.07) is 15.0. The fraction of sp³-hybridized carbons (Fsp3) is 0.606. The number of rotatable bonds is 9. The van der Waals surface area contributed by atoms with Crippen LogP contribution in [0.2, 0.25) is 0 Å². The van der Waals surface area contributed by atoms with Gasteiger partial charge >= 0.3 is 6.36 Å². The number of hydrogen-bond acceptors (Lipinski definition) is 3. The Morgan fingerprint density at radius 1 is 0.872 bits per heavy atom. The summed E-state index contributed by atoms with van der Waals surface area (Å²) in [5.41, 5.74) is 3.81. The standard InChI is InChI=1S/C19H31NO.C10H11F3O.2C2H6/c1-8-9-18(15(3)21)20(7)14(2)16-10-12-17(13-11-16)19(4,5)6;1-2-3-8-4-6-9(7-5-8)14-10(11,12)13;2*1-2/h10-14,18H,8-9H2,1-7H3;4-7H,2-3H2,1H3;2*1-2H3/t14-,18+;;;/m1.../s1. The molecule has 39 heavy (non-hydrogen) atoms. The van der Waals surface area contributed by atoms with E-state index in [-0.39, 0.29) is 29.0 Å². The van der Waals surface area contributed by atoms with Gasteiger partial charge in [-0.25, -0.2) is 0 Å². The highest BCUT2D eigenvalue weighted by molar-refractivity contribution is 5.81. The molecule has 0 heterocycles. The number of nitrogens with zero attached hydrogens (tertiary/aromatic N) is 1. The van der Waals surface area contributed by atoms with Gasteiger partial charge in [0.1, 0.15) is 11.5 Å². The topological polar surface area (TPSA) is 29.5 Å². The molecular formula is C33H54F3NO2. The van der Waals surface area contributed by atoms with Crippen LogP contribution in [0.3, 0.4) is 0 Å². The van der Waals surface area contributed by atoms with Crippen LogP contribution in [-0.4, -0.2) is 30.1 Å². The molecule has 224 valence electrons. The Morgan fingerprint density at radius 3 is 1.72 bits per heavy atom. The van der Waals surface area contributed by atoms with Crippen molar-refractivity contribution < 1.29 is 22.7 Å². The highest BCUT2D eigenvalue weighted by Gasteiger charge is 2.31. The molecule has 0 unspecified atom stereocenters. The number of likely N-dealkylation sites (N-methyl/N-ethyl adjacent to an activating group) is 1. The van der Waals surface area contributed by atoms with Gasteiger partial charge in [-0.05, 0) is 68.0 Å². The van der Waals surface area contributed by atoms with E-state index in [1.807, 2.05) is 34.6 Å². The van der Waals surface area contributed by atoms with E-state index in [1.165, 1.54) is 23.3 Å². The molecule has 0 aliphatic rings. The molecule has 2 atom stereocenters. The normalized spacial score (nSPS) is 12.5. The molecule has 0 aliphatic carbocycles. The minimum Gasteiger partial charge on any atom is -0.406 e. The minimum absolute atomic E-state index is 0.0206. The largest absolute Gasteiger partial charge is 0.573 e.